The Morgan fingerprint density at radius 2 is 1.73 bits per heavy atom. The van der Waals surface area contributed by atoms with Crippen LogP contribution in [-0.4, -0.2) is 28.2 Å². The number of phenols is 1. The minimum atomic E-state index is -0.499. The molecule has 2 N–H and O–H groups in total. The van der Waals surface area contributed by atoms with Crippen molar-refractivity contribution in [3.8, 4) is 5.75 Å². The fraction of sp³-hybridized carbons (Fsp3) is 0.125. The minimum absolute atomic E-state index is 0.121. The number of carbonyl (C=O) groups excluding carboxylic acids is 1. The number of carbonyl (C=O) groups is 1. The van der Waals surface area contributed by atoms with E-state index in [0.717, 1.165) is 0 Å². The van der Waals surface area contributed by atoms with Crippen LogP contribution in [0.5, 0.6) is 5.75 Å². The van der Waals surface area contributed by atoms with Crippen molar-refractivity contribution in [3.05, 3.63) is 60.2 Å². The molecule has 3 rings (SSSR count). The lowest BCUT2D eigenvalue weighted by Gasteiger charge is -2.40. The van der Waals surface area contributed by atoms with E-state index in [1.165, 1.54) is 9.80 Å². The Bertz CT molecular complexity index is 720. The van der Waals surface area contributed by atoms with Crippen LogP contribution in [0, 0.1) is 0 Å². The highest BCUT2D eigenvalue weighted by atomic mass is 32.1. The summed E-state index contributed by atoms with van der Waals surface area (Å²) in [6.07, 6.45) is -0.499. The first-order valence-electron chi connectivity index (χ1n) is 6.80. The molecule has 6 heteroatoms. The van der Waals surface area contributed by atoms with Crippen molar-refractivity contribution in [2.75, 3.05) is 11.9 Å². The van der Waals surface area contributed by atoms with E-state index >= 15 is 0 Å². The highest BCUT2D eigenvalue weighted by Crippen LogP contribution is 2.30. The number of urea groups is 1. The van der Waals surface area contributed by atoms with E-state index in [1.807, 2.05) is 36.4 Å². The zero-order valence-electron chi connectivity index (χ0n) is 11.9. The normalized spacial score (nSPS) is 18.3. The van der Waals surface area contributed by atoms with Gasteiger partial charge < -0.3 is 15.3 Å². The second-order valence-electron chi connectivity index (χ2n) is 4.98. The third kappa shape index (κ3) is 2.37. The van der Waals surface area contributed by atoms with Crippen LogP contribution in [0.25, 0.3) is 0 Å². The van der Waals surface area contributed by atoms with Gasteiger partial charge in [0.15, 0.2) is 5.11 Å². The molecule has 1 saturated heterocycles. The molecular formula is C16H15N3O2S. The van der Waals surface area contributed by atoms with Crippen molar-refractivity contribution in [3.63, 3.8) is 0 Å². The zero-order valence-corrected chi connectivity index (χ0v) is 12.7. The number of benzene rings is 2. The smallest absolute Gasteiger partial charge is 0.332 e. The number of rotatable bonds is 2. The van der Waals surface area contributed by atoms with Gasteiger partial charge in [0.2, 0.25) is 0 Å². The standard InChI is InChI=1S/C16H15N3O2S/c1-18-14(12-9-5-6-10-13(12)20)17-15(22)19(16(18)21)11-7-3-2-4-8-11/h2-10,14,20H,1H3,(H,17,22). The molecule has 0 bridgehead atoms. The monoisotopic (exact) mass is 313 g/mol. The Balaban J connectivity index is 1.95. The molecule has 2 aromatic carbocycles. The van der Waals surface area contributed by atoms with Gasteiger partial charge in [0.1, 0.15) is 11.9 Å². The lowest BCUT2D eigenvalue weighted by molar-refractivity contribution is 0.188. The first-order valence-corrected chi connectivity index (χ1v) is 7.21. The minimum Gasteiger partial charge on any atom is -0.508 e. The summed E-state index contributed by atoms with van der Waals surface area (Å²) in [7, 11) is 1.67. The van der Waals surface area contributed by atoms with Gasteiger partial charge in [-0.2, -0.15) is 0 Å². The predicted octanol–water partition coefficient (Wildman–Crippen LogP) is 2.84. The molecule has 1 aliphatic rings. The van der Waals surface area contributed by atoms with Gasteiger partial charge in [0, 0.05) is 12.6 Å². The van der Waals surface area contributed by atoms with E-state index in [-0.39, 0.29) is 11.8 Å². The first-order chi connectivity index (χ1) is 10.6. The molecule has 0 aromatic heterocycles. The topological polar surface area (TPSA) is 55.8 Å². The summed E-state index contributed by atoms with van der Waals surface area (Å²) < 4.78 is 0. The van der Waals surface area contributed by atoms with E-state index in [1.54, 1.807) is 25.2 Å². The van der Waals surface area contributed by atoms with E-state index in [2.05, 4.69) is 5.32 Å². The number of thiocarbonyl (C=S) groups is 1. The maximum absolute atomic E-state index is 12.7. The van der Waals surface area contributed by atoms with E-state index < -0.39 is 6.17 Å². The highest BCUT2D eigenvalue weighted by Gasteiger charge is 2.36. The fourth-order valence-corrected chi connectivity index (χ4v) is 2.74. The molecule has 1 atom stereocenters. The van der Waals surface area contributed by atoms with Gasteiger partial charge in [-0.1, -0.05) is 36.4 Å². The molecule has 0 spiro atoms. The van der Waals surface area contributed by atoms with Crippen molar-refractivity contribution in [1.29, 1.82) is 0 Å². The lowest BCUT2D eigenvalue weighted by atomic mass is 10.1. The van der Waals surface area contributed by atoms with Crippen LogP contribution in [0.4, 0.5) is 10.5 Å². The Kier molecular flexibility index (Phi) is 3.68. The number of para-hydroxylation sites is 2. The second-order valence-corrected chi connectivity index (χ2v) is 5.36. The van der Waals surface area contributed by atoms with Crippen molar-refractivity contribution in [1.82, 2.24) is 10.2 Å². The quantitative estimate of drug-likeness (QED) is 0.837. The van der Waals surface area contributed by atoms with Crippen LogP contribution in [-0.2, 0) is 0 Å². The van der Waals surface area contributed by atoms with Gasteiger partial charge in [-0.15, -0.1) is 0 Å². The maximum atomic E-state index is 12.7. The summed E-state index contributed by atoms with van der Waals surface area (Å²) in [5.41, 5.74) is 1.31. The Morgan fingerprint density at radius 1 is 1.09 bits per heavy atom. The number of hydrogen-bond donors (Lipinski definition) is 2. The molecule has 112 valence electrons. The number of hydrogen-bond acceptors (Lipinski definition) is 3. The van der Waals surface area contributed by atoms with Gasteiger partial charge in [-0.05, 0) is 30.4 Å². The Labute approximate surface area is 133 Å². The van der Waals surface area contributed by atoms with E-state index in [9.17, 15) is 9.90 Å². The summed E-state index contributed by atoms with van der Waals surface area (Å²) >= 11 is 5.35. The van der Waals surface area contributed by atoms with Crippen LogP contribution in [0.2, 0.25) is 0 Å². The molecule has 1 heterocycles. The SMILES string of the molecule is CN1C(=O)N(c2ccccc2)C(=S)NC1c1ccccc1O. The van der Waals surface area contributed by atoms with Crippen LogP contribution in [0.3, 0.4) is 0 Å². The van der Waals surface area contributed by atoms with Crippen molar-refractivity contribution >= 4 is 29.0 Å². The van der Waals surface area contributed by atoms with Crippen molar-refractivity contribution < 1.29 is 9.90 Å². The lowest BCUT2D eigenvalue weighted by Crippen LogP contribution is -2.59. The molecular weight excluding hydrogens is 298 g/mol. The number of aromatic hydroxyl groups is 1. The number of nitrogens with zero attached hydrogens (tertiary/aromatic N) is 2. The number of amides is 2. The predicted molar refractivity (Wildman–Crippen MR) is 88.7 cm³/mol. The van der Waals surface area contributed by atoms with Crippen molar-refractivity contribution in [2.45, 2.75) is 6.17 Å². The molecule has 2 aromatic rings. The fourth-order valence-electron chi connectivity index (χ4n) is 2.44. The number of anilines is 1. The number of phenolic OH excluding ortho intramolecular Hbond substituents is 1. The van der Waals surface area contributed by atoms with Crippen molar-refractivity contribution in [2.24, 2.45) is 0 Å². The third-order valence-corrected chi connectivity index (χ3v) is 3.89. The van der Waals surface area contributed by atoms with Gasteiger partial charge in [0.05, 0.1) is 5.69 Å². The molecule has 1 unspecified atom stereocenters. The van der Waals surface area contributed by atoms with Gasteiger partial charge >= 0.3 is 6.03 Å². The zero-order chi connectivity index (χ0) is 15.7. The molecule has 2 amide bonds. The Hall–Kier alpha value is -2.60. The maximum Gasteiger partial charge on any atom is 0.332 e. The summed E-state index contributed by atoms with van der Waals surface area (Å²) in [4.78, 5) is 15.6. The van der Waals surface area contributed by atoms with E-state index in [4.69, 9.17) is 12.2 Å². The molecule has 1 aliphatic heterocycles. The first kappa shape index (κ1) is 14.3. The Morgan fingerprint density at radius 3 is 2.41 bits per heavy atom. The average Bonchev–Trinajstić information content (AvgIpc) is 2.53. The number of nitrogens with one attached hydrogen (secondary N) is 1. The molecule has 5 nitrogen and oxygen atoms in total. The molecule has 22 heavy (non-hydrogen) atoms. The van der Waals surface area contributed by atoms with Crippen LogP contribution >= 0.6 is 12.2 Å². The van der Waals surface area contributed by atoms with Crippen LogP contribution in [0.1, 0.15) is 11.7 Å². The van der Waals surface area contributed by atoms with E-state index in [0.29, 0.717) is 16.4 Å². The summed E-state index contributed by atoms with van der Waals surface area (Å²) in [5.74, 6) is 0.121. The summed E-state index contributed by atoms with van der Waals surface area (Å²) in [6.45, 7) is 0. The van der Waals surface area contributed by atoms with Gasteiger partial charge in [0.25, 0.3) is 0 Å². The van der Waals surface area contributed by atoms with Crippen LogP contribution < -0.4 is 10.2 Å². The molecule has 0 radical (unpaired) electrons. The summed E-state index contributed by atoms with van der Waals surface area (Å²) in [6, 6.07) is 15.9. The van der Waals surface area contributed by atoms with Crippen LogP contribution in [0.15, 0.2) is 54.6 Å². The van der Waals surface area contributed by atoms with Gasteiger partial charge in [-0.3, -0.25) is 0 Å². The third-order valence-electron chi connectivity index (χ3n) is 3.59. The average molecular weight is 313 g/mol. The molecule has 0 aliphatic carbocycles. The largest absolute Gasteiger partial charge is 0.508 e. The molecule has 1 fully saturated rings. The highest BCUT2D eigenvalue weighted by molar-refractivity contribution is 7.80. The summed E-state index contributed by atoms with van der Waals surface area (Å²) in [5, 5.41) is 13.4. The van der Waals surface area contributed by atoms with Gasteiger partial charge in [-0.25, -0.2) is 9.69 Å². The second kappa shape index (κ2) is 5.65. The molecule has 0 saturated carbocycles.